The van der Waals surface area contributed by atoms with Crippen molar-refractivity contribution in [3.8, 4) is 0 Å². The van der Waals surface area contributed by atoms with Crippen LogP contribution in [0.25, 0.3) is 0 Å². The number of carbonyl (C=O) groups excluding carboxylic acids is 1. The molecule has 0 aromatic carbocycles. The van der Waals surface area contributed by atoms with Crippen molar-refractivity contribution in [1.82, 2.24) is 5.32 Å². The number of carbonyl (C=O) groups is 1. The molecule has 14 heavy (non-hydrogen) atoms. The quantitative estimate of drug-likeness (QED) is 0.500. The number of aliphatic hydroxyl groups is 1. The van der Waals surface area contributed by atoms with Crippen molar-refractivity contribution in [2.45, 2.75) is 44.8 Å². The van der Waals surface area contributed by atoms with Crippen LogP contribution in [0.2, 0.25) is 0 Å². The molecule has 0 aromatic rings. The van der Waals surface area contributed by atoms with E-state index in [1.54, 1.807) is 0 Å². The number of aliphatic hydroxyl groups excluding tert-OH is 1. The third kappa shape index (κ3) is 3.27. The first-order valence-corrected chi connectivity index (χ1v) is 5.33. The van der Waals surface area contributed by atoms with Gasteiger partial charge in [0, 0.05) is 6.04 Å². The van der Waals surface area contributed by atoms with Crippen molar-refractivity contribution in [1.29, 1.82) is 0 Å². The summed E-state index contributed by atoms with van der Waals surface area (Å²) in [5, 5.41) is 12.7. The Labute approximate surface area is 84.6 Å². The molecular weight excluding hydrogens is 182 g/mol. The van der Waals surface area contributed by atoms with Crippen LogP contribution in [0.1, 0.15) is 32.6 Å². The van der Waals surface area contributed by atoms with Crippen molar-refractivity contribution in [2.24, 2.45) is 0 Å². The first-order chi connectivity index (χ1) is 6.75. The molecule has 0 spiro atoms. The van der Waals surface area contributed by atoms with Gasteiger partial charge in [-0.25, -0.2) is 4.79 Å². The van der Waals surface area contributed by atoms with Gasteiger partial charge in [0.25, 0.3) is 0 Å². The number of esters is 1. The molecule has 1 unspecified atom stereocenters. The molecule has 4 nitrogen and oxygen atoms in total. The van der Waals surface area contributed by atoms with Crippen LogP contribution >= 0.6 is 0 Å². The van der Waals surface area contributed by atoms with E-state index in [0.717, 1.165) is 32.2 Å². The Bertz CT molecular complexity index is 178. The highest BCUT2D eigenvalue weighted by Crippen LogP contribution is 2.10. The van der Waals surface area contributed by atoms with Crippen LogP contribution in [0.15, 0.2) is 0 Å². The van der Waals surface area contributed by atoms with Crippen molar-refractivity contribution < 1.29 is 14.6 Å². The highest BCUT2D eigenvalue weighted by molar-refractivity contribution is 5.75. The molecule has 0 aliphatic carbocycles. The van der Waals surface area contributed by atoms with Gasteiger partial charge in [-0.05, 0) is 25.8 Å². The molecule has 1 heterocycles. The lowest BCUT2D eigenvalue weighted by Gasteiger charge is -2.16. The molecule has 1 fully saturated rings. The van der Waals surface area contributed by atoms with E-state index < -0.39 is 12.1 Å². The number of unbranched alkanes of at least 4 members (excludes halogenated alkanes) is 1. The summed E-state index contributed by atoms with van der Waals surface area (Å²) in [6.45, 7) is 3.33. The van der Waals surface area contributed by atoms with Crippen LogP contribution in [-0.4, -0.2) is 36.4 Å². The summed E-state index contributed by atoms with van der Waals surface area (Å²) in [5.41, 5.74) is 0. The van der Waals surface area contributed by atoms with E-state index in [9.17, 15) is 9.90 Å². The van der Waals surface area contributed by atoms with Gasteiger partial charge in [0.15, 0.2) is 6.10 Å². The van der Waals surface area contributed by atoms with Crippen LogP contribution < -0.4 is 5.32 Å². The minimum Gasteiger partial charge on any atom is -0.464 e. The number of rotatable bonds is 5. The normalized spacial score (nSPS) is 23.4. The van der Waals surface area contributed by atoms with E-state index in [2.05, 4.69) is 5.32 Å². The highest BCUT2D eigenvalue weighted by Gasteiger charge is 2.29. The Balaban J connectivity index is 2.21. The molecule has 0 bridgehead atoms. The summed E-state index contributed by atoms with van der Waals surface area (Å²) >= 11 is 0. The zero-order valence-electron chi connectivity index (χ0n) is 8.66. The number of hydrogen-bond acceptors (Lipinski definition) is 4. The van der Waals surface area contributed by atoms with E-state index >= 15 is 0 Å². The van der Waals surface area contributed by atoms with Gasteiger partial charge in [0.05, 0.1) is 6.61 Å². The fourth-order valence-electron chi connectivity index (χ4n) is 1.55. The lowest BCUT2D eigenvalue weighted by Crippen LogP contribution is -2.41. The first kappa shape index (κ1) is 11.5. The topological polar surface area (TPSA) is 58.6 Å². The largest absolute Gasteiger partial charge is 0.464 e. The number of hydrogen-bond donors (Lipinski definition) is 2. The zero-order chi connectivity index (χ0) is 10.4. The number of ether oxygens (including phenoxy) is 1. The standard InChI is InChI=1S/C10H19NO3/c1-2-3-7-14-10(13)9(12)8-5-4-6-11-8/h8-9,11-12H,2-7H2,1H3/t8-,9?/m1/s1. The molecule has 1 aliphatic rings. The van der Waals surface area contributed by atoms with Gasteiger partial charge in [-0.2, -0.15) is 0 Å². The van der Waals surface area contributed by atoms with Crippen LogP contribution in [-0.2, 0) is 9.53 Å². The average molecular weight is 201 g/mol. The summed E-state index contributed by atoms with van der Waals surface area (Å²) in [6, 6.07) is -0.107. The Hall–Kier alpha value is -0.610. The van der Waals surface area contributed by atoms with Gasteiger partial charge in [-0.3, -0.25) is 0 Å². The lowest BCUT2D eigenvalue weighted by atomic mass is 10.1. The molecule has 1 saturated heterocycles. The fraction of sp³-hybridized carbons (Fsp3) is 0.900. The van der Waals surface area contributed by atoms with Gasteiger partial charge >= 0.3 is 5.97 Å². The second kappa shape index (κ2) is 5.98. The SMILES string of the molecule is CCCCOC(=O)C(O)[C@H]1CCCN1. The molecular formula is C10H19NO3. The van der Waals surface area contributed by atoms with Gasteiger partial charge in [0.1, 0.15) is 0 Å². The predicted molar refractivity (Wildman–Crippen MR) is 52.9 cm³/mol. The van der Waals surface area contributed by atoms with Gasteiger partial charge in [-0.1, -0.05) is 13.3 Å². The summed E-state index contributed by atoms with van der Waals surface area (Å²) in [4.78, 5) is 11.3. The molecule has 2 atom stereocenters. The molecule has 0 aromatic heterocycles. The number of nitrogens with one attached hydrogen (secondary N) is 1. The monoisotopic (exact) mass is 201 g/mol. The van der Waals surface area contributed by atoms with Gasteiger partial charge in [-0.15, -0.1) is 0 Å². The molecule has 4 heteroatoms. The zero-order valence-corrected chi connectivity index (χ0v) is 8.66. The third-order valence-corrected chi connectivity index (χ3v) is 2.46. The molecule has 82 valence electrons. The molecule has 2 N–H and O–H groups in total. The Morgan fingerprint density at radius 1 is 1.71 bits per heavy atom. The van der Waals surface area contributed by atoms with E-state index in [0.29, 0.717) is 6.61 Å². The van der Waals surface area contributed by atoms with Gasteiger partial charge < -0.3 is 15.2 Å². The van der Waals surface area contributed by atoms with Crippen molar-refractivity contribution in [3.63, 3.8) is 0 Å². The molecule has 0 radical (unpaired) electrons. The van der Waals surface area contributed by atoms with E-state index in [-0.39, 0.29) is 6.04 Å². The van der Waals surface area contributed by atoms with Crippen LogP contribution in [0.3, 0.4) is 0 Å². The van der Waals surface area contributed by atoms with E-state index in [1.807, 2.05) is 6.92 Å². The minimum atomic E-state index is -0.991. The second-order valence-electron chi connectivity index (χ2n) is 3.67. The lowest BCUT2D eigenvalue weighted by molar-refractivity contribution is -0.155. The Morgan fingerprint density at radius 3 is 3.07 bits per heavy atom. The second-order valence-corrected chi connectivity index (χ2v) is 3.67. The van der Waals surface area contributed by atoms with Crippen molar-refractivity contribution >= 4 is 5.97 Å². The fourth-order valence-corrected chi connectivity index (χ4v) is 1.55. The summed E-state index contributed by atoms with van der Waals surface area (Å²) in [5.74, 6) is -0.488. The molecule has 0 amide bonds. The van der Waals surface area contributed by atoms with Gasteiger partial charge in [0.2, 0.25) is 0 Å². The molecule has 1 rings (SSSR count). The van der Waals surface area contributed by atoms with E-state index in [1.165, 1.54) is 0 Å². The summed E-state index contributed by atoms with van der Waals surface area (Å²) in [6.07, 6.45) is 2.73. The Kier molecular flexibility index (Phi) is 4.90. The maximum absolute atomic E-state index is 11.3. The van der Waals surface area contributed by atoms with Crippen molar-refractivity contribution in [3.05, 3.63) is 0 Å². The molecule has 1 aliphatic heterocycles. The maximum Gasteiger partial charge on any atom is 0.336 e. The summed E-state index contributed by atoms with van der Waals surface area (Å²) < 4.78 is 4.93. The minimum absolute atomic E-state index is 0.107. The van der Waals surface area contributed by atoms with Crippen LogP contribution in [0.5, 0.6) is 0 Å². The van der Waals surface area contributed by atoms with Crippen LogP contribution in [0.4, 0.5) is 0 Å². The highest BCUT2D eigenvalue weighted by atomic mass is 16.5. The first-order valence-electron chi connectivity index (χ1n) is 5.33. The summed E-state index contributed by atoms with van der Waals surface area (Å²) in [7, 11) is 0. The third-order valence-electron chi connectivity index (χ3n) is 2.46. The average Bonchev–Trinajstić information content (AvgIpc) is 2.69. The predicted octanol–water partition coefficient (Wildman–Crippen LogP) is 0.443. The maximum atomic E-state index is 11.3. The van der Waals surface area contributed by atoms with Crippen LogP contribution in [0, 0.1) is 0 Å². The van der Waals surface area contributed by atoms with Crippen molar-refractivity contribution in [2.75, 3.05) is 13.2 Å². The molecule has 0 saturated carbocycles. The van der Waals surface area contributed by atoms with E-state index in [4.69, 9.17) is 4.74 Å². The Morgan fingerprint density at radius 2 is 2.50 bits per heavy atom. The smallest absolute Gasteiger partial charge is 0.336 e.